The third-order valence-electron chi connectivity index (χ3n) is 3.34. The van der Waals surface area contributed by atoms with Crippen molar-refractivity contribution in [3.63, 3.8) is 0 Å². The van der Waals surface area contributed by atoms with E-state index in [0.717, 1.165) is 13.0 Å². The molecular weight excluding hydrogens is 176 g/mol. The molecule has 3 heteroatoms. The summed E-state index contributed by atoms with van der Waals surface area (Å²) in [5.41, 5.74) is 5.67. The zero-order chi connectivity index (χ0) is 10.6. The van der Waals surface area contributed by atoms with E-state index in [4.69, 9.17) is 5.73 Å². The van der Waals surface area contributed by atoms with Crippen molar-refractivity contribution in [3.8, 4) is 0 Å². The molecule has 0 saturated heterocycles. The zero-order valence-corrected chi connectivity index (χ0v) is 9.31. The van der Waals surface area contributed by atoms with Crippen LogP contribution in [-0.2, 0) is 4.79 Å². The molecule has 0 heterocycles. The molecule has 1 unspecified atom stereocenters. The number of nitrogens with one attached hydrogen (secondary N) is 1. The number of carbonyl (C=O) groups excluding carboxylic acids is 1. The van der Waals surface area contributed by atoms with Crippen LogP contribution in [0.3, 0.4) is 0 Å². The molecule has 1 amide bonds. The molecule has 3 N–H and O–H groups in total. The van der Waals surface area contributed by atoms with Gasteiger partial charge in [-0.05, 0) is 24.7 Å². The number of rotatable bonds is 5. The van der Waals surface area contributed by atoms with Crippen LogP contribution in [0.15, 0.2) is 0 Å². The fourth-order valence-electron chi connectivity index (χ4n) is 2.22. The Labute approximate surface area is 86.4 Å². The van der Waals surface area contributed by atoms with Crippen molar-refractivity contribution < 1.29 is 4.79 Å². The molecule has 1 aliphatic rings. The van der Waals surface area contributed by atoms with E-state index in [9.17, 15) is 4.79 Å². The Morgan fingerprint density at radius 3 is 2.50 bits per heavy atom. The van der Waals surface area contributed by atoms with Crippen LogP contribution < -0.4 is 11.1 Å². The van der Waals surface area contributed by atoms with E-state index in [1.54, 1.807) is 0 Å². The maximum atomic E-state index is 11.0. The first-order valence-electron chi connectivity index (χ1n) is 5.60. The molecule has 14 heavy (non-hydrogen) atoms. The molecule has 0 spiro atoms. The van der Waals surface area contributed by atoms with E-state index in [0.29, 0.717) is 5.41 Å². The molecule has 0 aromatic rings. The lowest BCUT2D eigenvalue weighted by atomic mass is 9.88. The van der Waals surface area contributed by atoms with Gasteiger partial charge in [0.05, 0.1) is 6.04 Å². The number of nitrogens with two attached hydrogens (primary N) is 1. The second-order valence-corrected chi connectivity index (χ2v) is 4.76. The van der Waals surface area contributed by atoms with Crippen molar-refractivity contribution in [2.45, 2.75) is 52.0 Å². The fourth-order valence-corrected chi connectivity index (χ4v) is 2.22. The molecule has 0 radical (unpaired) electrons. The van der Waals surface area contributed by atoms with E-state index < -0.39 is 0 Å². The topological polar surface area (TPSA) is 55.1 Å². The van der Waals surface area contributed by atoms with Gasteiger partial charge in [-0.15, -0.1) is 0 Å². The van der Waals surface area contributed by atoms with Crippen molar-refractivity contribution in [1.29, 1.82) is 0 Å². The van der Waals surface area contributed by atoms with Crippen LogP contribution in [-0.4, -0.2) is 18.5 Å². The molecule has 1 rings (SSSR count). The van der Waals surface area contributed by atoms with Crippen LogP contribution >= 0.6 is 0 Å². The van der Waals surface area contributed by atoms with Gasteiger partial charge in [-0.1, -0.05) is 26.7 Å². The molecule has 0 bridgehead atoms. The van der Waals surface area contributed by atoms with E-state index in [-0.39, 0.29) is 11.9 Å². The number of hydrogen-bond donors (Lipinski definition) is 2. The van der Waals surface area contributed by atoms with Gasteiger partial charge < -0.3 is 11.1 Å². The van der Waals surface area contributed by atoms with Gasteiger partial charge in [-0.3, -0.25) is 4.79 Å². The number of primary amides is 1. The van der Waals surface area contributed by atoms with Crippen molar-refractivity contribution in [1.82, 2.24) is 5.32 Å². The predicted molar refractivity (Wildman–Crippen MR) is 57.9 cm³/mol. The van der Waals surface area contributed by atoms with Crippen molar-refractivity contribution in [2.24, 2.45) is 11.1 Å². The molecule has 3 nitrogen and oxygen atoms in total. The van der Waals surface area contributed by atoms with Gasteiger partial charge in [0.1, 0.15) is 0 Å². The summed E-state index contributed by atoms with van der Waals surface area (Å²) in [6.07, 6.45) is 5.98. The molecular formula is C11H22N2O. The summed E-state index contributed by atoms with van der Waals surface area (Å²) >= 11 is 0. The maximum absolute atomic E-state index is 11.0. The monoisotopic (exact) mass is 198 g/mol. The van der Waals surface area contributed by atoms with Gasteiger partial charge in [-0.2, -0.15) is 0 Å². The number of carbonyl (C=O) groups is 1. The lowest BCUT2D eigenvalue weighted by Crippen LogP contribution is -2.44. The molecule has 1 fully saturated rings. The molecule has 0 aromatic carbocycles. The van der Waals surface area contributed by atoms with Crippen LogP contribution in [0.4, 0.5) is 0 Å². The normalized spacial score (nSPS) is 22.1. The third-order valence-corrected chi connectivity index (χ3v) is 3.34. The average Bonchev–Trinajstić information content (AvgIpc) is 2.53. The number of hydrogen-bond acceptors (Lipinski definition) is 2. The van der Waals surface area contributed by atoms with Crippen LogP contribution in [0, 0.1) is 5.41 Å². The van der Waals surface area contributed by atoms with Crippen molar-refractivity contribution in [2.75, 3.05) is 6.54 Å². The zero-order valence-electron chi connectivity index (χ0n) is 9.31. The molecule has 82 valence electrons. The van der Waals surface area contributed by atoms with E-state index in [1.165, 1.54) is 25.7 Å². The van der Waals surface area contributed by atoms with Gasteiger partial charge >= 0.3 is 0 Å². The highest BCUT2D eigenvalue weighted by Crippen LogP contribution is 2.36. The lowest BCUT2D eigenvalue weighted by molar-refractivity contribution is -0.120. The summed E-state index contributed by atoms with van der Waals surface area (Å²) in [6.45, 7) is 5.20. The van der Waals surface area contributed by atoms with Crippen LogP contribution in [0.5, 0.6) is 0 Å². The van der Waals surface area contributed by atoms with Gasteiger partial charge in [0.25, 0.3) is 0 Å². The van der Waals surface area contributed by atoms with Crippen LogP contribution in [0.1, 0.15) is 46.0 Å². The summed E-state index contributed by atoms with van der Waals surface area (Å²) in [4.78, 5) is 11.0. The standard InChI is InChI=1S/C11H22N2O/c1-3-9(10(12)14)13-8-11(2)6-4-5-7-11/h9,13H,3-8H2,1-2H3,(H2,12,14). The van der Waals surface area contributed by atoms with Gasteiger partial charge in [-0.25, -0.2) is 0 Å². The van der Waals surface area contributed by atoms with E-state index in [2.05, 4.69) is 12.2 Å². The smallest absolute Gasteiger partial charge is 0.234 e. The average molecular weight is 198 g/mol. The summed E-state index contributed by atoms with van der Waals surface area (Å²) < 4.78 is 0. The Bertz CT molecular complexity index is 197. The highest BCUT2D eigenvalue weighted by molar-refractivity contribution is 5.79. The molecule has 1 aliphatic carbocycles. The minimum Gasteiger partial charge on any atom is -0.368 e. The first-order chi connectivity index (χ1) is 6.57. The van der Waals surface area contributed by atoms with E-state index in [1.807, 2.05) is 6.92 Å². The van der Waals surface area contributed by atoms with Gasteiger partial charge in [0, 0.05) is 6.54 Å². The lowest BCUT2D eigenvalue weighted by Gasteiger charge is -2.26. The molecule has 0 aromatic heterocycles. The quantitative estimate of drug-likeness (QED) is 0.702. The highest BCUT2D eigenvalue weighted by Gasteiger charge is 2.29. The summed E-state index contributed by atoms with van der Waals surface area (Å²) in [5.74, 6) is -0.228. The summed E-state index contributed by atoms with van der Waals surface area (Å²) in [6, 6.07) is -0.146. The number of amides is 1. The van der Waals surface area contributed by atoms with Crippen LogP contribution in [0.25, 0.3) is 0 Å². The predicted octanol–water partition coefficient (Wildman–Crippen LogP) is 1.42. The third kappa shape index (κ3) is 2.98. The largest absolute Gasteiger partial charge is 0.368 e. The van der Waals surface area contributed by atoms with E-state index >= 15 is 0 Å². The van der Waals surface area contributed by atoms with Gasteiger partial charge in [0.2, 0.25) is 5.91 Å². The Kier molecular flexibility index (Phi) is 3.93. The van der Waals surface area contributed by atoms with Crippen LogP contribution in [0.2, 0.25) is 0 Å². The fraction of sp³-hybridized carbons (Fsp3) is 0.909. The molecule has 1 saturated carbocycles. The summed E-state index contributed by atoms with van der Waals surface area (Å²) in [7, 11) is 0. The maximum Gasteiger partial charge on any atom is 0.234 e. The minimum atomic E-state index is -0.228. The minimum absolute atomic E-state index is 0.146. The van der Waals surface area contributed by atoms with Crippen molar-refractivity contribution in [3.05, 3.63) is 0 Å². The molecule has 0 aliphatic heterocycles. The second-order valence-electron chi connectivity index (χ2n) is 4.76. The first-order valence-corrected chi connectivity index (χ1v) is 5.60. The molecule has 1 atom stereocenters. The highest BCUT2D eigenvalue weighted by atomic mass is 16.1. The summed E-state index contributed by atoms with van der Waals surface area (Å²) in [5, 5.41) is 3.28. The van der Waals surface area contributed by atoms with Crippen molar-refractivity contribution >= 4 is 5.91 Å². The Balaban J connectivity index is 2.34. The second kappa shape index (κ2) is 4.78. The SMILES string of the molecule is CCC(NCC1(C)CCCC1)C(N)=O. The Morgan fingerprint density at radius 2 is 2.07 bits per heavy atom. The van der Waals surface area contributed by atoms with Gasteiger partial charge in [0.15, 0.2) is 0 Å². The Morgan fingerprint density at radius 1 is 1.50 bits per heavy atom. The first kappa shape index (κ1) is 11.5. The Hall–Kier alpha value is -0.570.